The van der Waals surface area contributed by atoms with Gasteiger partial charge in [-0.2, -0.15) is 4.98 Å². The third-order valence-electron chi connectivity index (χ3n) is 7.84. The first-order valence-electron chi connectivity index (χ1n) is 14.1. The summed E-state index contributed by atoms with van der Waals surface area (Å²) >= 11 is 0. The quantitative estimate of drug-likeness (QED) is 0.310. The standard InChI is InChI=1S/C29H40N6O3S.CH4/c1-22-6-12-25(13-7-22)39(36,37)32-21-24-10-8-23(9-11-24)20-31-29-33-27-5-3-2-4-26(27)28(34-29)30-14-15-35-16-18-38-19-17-35;/h2-7,12-13,23-24,32H,8-11,14-21H2,1H3,(H2,30,31,33,34);1H4. The Bertz CT molecular complexity index is 1320. The SMILES string of the molecule is C.Cc1ccc(S(=O)(=O)NCC2CCC(CNc3nc(NCCN4CCOCC4)c4ccccc4n3)CC2)cc1. The second-order valence-electron chi connectivity index (χ2n) is 10.7. The number of aryl methyl sites for hydroxylation is 1. The van der Waals surface area contributed by atoms with Crippen LogP contribution in [-0.2, 0) is 14.8 Å². The van der Waals surface area contributed by atoms with Crippen molar-refractivity contribution >= 4 is 32.7 Å². The number of aromatic nitrogens is 2. The molecule has 1 aliphatic carbocycles. The zero-order chi connectivity index (χ0) is 27.1. The number of benzene rings is 2. The van der Waals surface area contributed by atoms with E-state index in [-0.39, 0.29) is 7.43 Å². The van der Waals surface area contributed by atoms with Gasteiger partial charge in [0, 0.05) is 44.7 Å². The minimum atomic E-state index is -3.46. The molecule has 0 radical (unpaired) electrons. The number of hydrogen-bond acceptors (Lipinski definition) is 8. The molecule has 1 saturated heterocycles. The van der Waals surface area contributed by atoms with E-state index >= 15 is 0 Å². The van der Waals surface area contributed by atoms with Crippen molar-refractivity contribution in [3.63, 3.8) is 0 Å². The van der Waals surface area contributed by atoms with Crippen molar-refractivity contribution in [1.82, 2.24) is 19.6 Å². The maximum Gasteiger partial charge on any atom is 0.240 e. The second kappa shape index (κ2) is 14.2. The topological polar surface area (TPSA) is 108 Å². The lowest BCUT2D eigenvalue weighted by atomic mass is 9.82. The summed E-state index contributed by atoms with van der Waals surface area (Å²) in [5.74, 6) is 2.39. The smallest absolute Gasteiger partial charge is 0.240 e. The maximum atomic E-state index is 12.6. The Labute approximate surface area is 239 Å². The van der Waals surface area contributed by atoms with E-state index < -0.39 is 10.0 Å². The van der Waals surface area contributed by atoms with E-state index in [0.717, 1.165) is 93.9 Å². The van der Waals surface area contributed by atoms with Crippen LogP contribution in [0, 0.1) is 18.8 Å². The molecule has 3 N–H and O–H groups in total. The number of nitrogens with one attached hydrogen (secondary N) is 3. The highest BCUT2D eigenvalue weighted by molar-refractivity contribution is 7.89. The molecule has 3 aromatic rings. The van der Waals surface area contributed by atoms with Crippen molar-refractivity contribution in [1.29, 1.82) is 0 Å². The lowest BCUT2D eigenvalue weighted by molar-refractivity contribution is 0.0398. The summed E-state index contributed by atoms with van der Waals surface area (Å²) in [6, 6.07) is 15.1. The van der Waals surface area contributed by atoms with Crippen LogP contribution >= 0.6 is 0 Å². The van der Waals surface area contributed by atoms with Crippen LogP contribution in [0.4, 0.5) is 11.8 Å². The van der Waals surface area contributed by atoms with Gasteiger partial charge in [-0.3, -0.25) is 4.90 Å². The average Bonchev–Trinajstić information content (AvgIpc) is 2.96. The minimum absolute atomic E-state index is 0. The summed E-state index contributed by atoms with van der Waals surface area (Å²) in [6.45, 7) is 8.57. The van der Waals surface area contributed by atoms with Gasteiger partial charge in [-0.05, 0) is 68.7 Å². The van der Waals surface area contributed by atoms with E-state index in [4.69, 9.17) is 14.7 Å². The first kappa shape index (κ1) is 30.2. The summed E-state index contributed by atoms with van der Waals surface area (Å²) in [5.41, 5.74) is 1.97. The first-order valence-corrected chi connectivity index (χ1v) is 15.6. The minimum Gasteiger partial charge on any atom is -0.379 e. The van der Waals surface area contributed by atoms with Gasteiger partial charge in [-0.25, -0.2) is 18.1 Å². The predicted molar refractivity (Wildman–Crippen MR) is 162 cm³/mol. The molecule has 2 aromatic carbocycles. The van der Waals surface area contributed by atoms with Gasteiger partial charge in [0.2, 0.25) is 16.0 Å². The van der Waals surface area contributed by atoms with Crippen LogP contribution in [0.5, 0.6) is 0 Å². The van der Waals surface area contributed by atoms with E-state index in [2.05, 4.69) is 26.3 Å². The molecule has 9 nitrogen and oxygen atoms in total. The molecule has 40 heavy (non-hydrogen) atoms. The molecule has 0 spiro atoms. The summed E-state index contributed by atoms with van der Waals surface area (Å²) < 4.78 is 33.5. The number of anilines is 2. The van der Waals surface area contributed by atoms with Crippen LogP contribution in [0.25, 0.3) is 10.9 Å². The van der Waals surface area contributed by atoms with Gasteiger partial charge in [0.15, 0.2) is 0 Å². The van der Waals surface area contributed by atoms with E-state index in [0.29, 0.717) is 29.2 Å². The first-order chi connectivity index (χ1) is 19.0. The van der Waals surface area contributed by atoms with Crippen LogP contribution in [0.15, 0.2) is 53.4 Å². The van der Waals surface area contributed by atoms with Crippen LogP contribution in [0.1, 0.15) is 38.7 Å². The highest BCUT2D eigenvalue weighted by atomic mass is 32.2. The monoisotopic (exact) mass is 568 g/mol. The zero-order valence-electron chi connectivity index (χ0n) is 22.7. The molecule has 0 amide bonds. The van der Waals surface area contributed by atoms with Gasteiger partial charge in [0.25, 0.3) is 0 Å². The molecular weight excluding hydrogens is 524 g/mol. The Balaban J connectivity index is 0.00000370. The molecule has 0 atom stereocenters. The number of morpholine rings is 1. The van der Waals surface area contributed by atoms with E-state index in [9.17, 15) is 8.42 Å². The largest absolute Gasteiger partial charge is 0.379 e. The van der Waals surface area contributed by atoms with Gasteiger partial charge in [-0.1, -0.05) is 37.3 Å². The molecule has 0 bridgehead atoms. The van der Waals surface area contributed by atoms with E-state index in [1.807, 2.05) is 37.3 Å². The molecule has 10 heteroatoms. The van der Waals surface area contributed by atoms with Crippen molar-refractivity contribution in [3.05, 3.63) is 54.1 Å². The fourth-order valence-electron chi connectivity index (χ4n) is 5.35. The van der Waals surface area contributed by atoms with Crippen molar-refractivity contribution in [2.75, 3.05) is 63.1 Å². The fraction of sp³-hybridized carbons (Fsp3) is 0.533. The van der Waals surface area contributed by atoms with Gasteiger partial charge in [0.05, 0.1) is 23.6 Å². The van der Waals surface area contributed by atoms with Crippen molar-refractivity contribution in [3.8, 4) is 0 Å². The van der Waals surface area contributed by atoms with Gasteiger partial charge in [-0.15, -0.1) is 0 Å². The van der Waals surface area contributed by atoms with Gasteiger partial charge < -0.3 is 15.4 Å². The number of fused-ring (bicyclic) bond motifs is 1. The fourth-order valence-corrected chi connectivity index (χ4v) is 6.47. The summed E-state index contributed by atoms with van der Waals surface area (Å²) in [6.07, 6.45) is 4.13. The average molecular weight is 569 g/mol. The van der Waals surface area contributed by atoms with Gasteiger partial charge >= 0.3 is 0 Å². The molecule has 2 aliphatic rings. The van der Waals surface area contributed by atoms with Crippen molar-refractivity contribution in [2.45, 2.75) is 44.9 Å². The van der Waals surface area contributed by atoms with E-state index in [1.165, 1.54) is 0 Å². The van der Waals surface area contributed by atoms with Crippen molar-refractivity contribution < 1.29 is 13.2 Å². The molecule has 1 aliphatic heterocycles. The van der Waals surface area contributed by atoms with Crippen LogP contribution < -0.4 is 15.4 Å². The van der Waals surface area contributed by atoms with Crippen LogP contribution in [0.2, 0.25) is 0 Å². The zero-order valence-corrected chi connectivity index (χ0v) is 23.5. The molecule has 0 unspecified atom stereocenters. The van der Waals surface area contributed by atoms with Crippen molar-refractivity contribution in [2.24, 2.45) is 11.8 Å². The number of sulfonamides is 1. The number of hydrogen-bond donors (Lipinski definition) is 3. The highest BCUT2D eigenvalue weighted by Gasteiger charge is 2.23. The molecule has 218 valence electrons. The maximum absolute atomic E-state index is 12.6. The highest BCUT2D eigenvalue weighted by Crippen LogP contribution is 2.29. The summed E-state index contributed by atoms with van der Waals surface area (Å²) in [4.78, 5) is 12.3. The number of ether oxygens (including phenoxy) is 1. The number of rotatable bonds is 11. The lowest BCUT2D eigenvalue weighted by Gasteiger charge is -2.28. The molecule has 1 saturated carbocycles. The van der Waals surface area contributed by atoms with Gasteiger partial charge in [0.1, 0.15) is 5.82 Å². The Hall–Kier alpha value is -2.79. The molecule has 1 aromatic heterocycles. The number of para-hydroxylation sites is 1. The summed E-state index contributed by atoms with van der Waals surface area (Å²) in [7, 11) is -3.46. The second-order valence-corrected chi connectivity index (χ2v) is 12.5. The predicted octanol–water partition coefficient (Wildman–Crippen LogP) is 4.52. The summed E-state index contributed by atoms with van der Waals surface area (Å²) in [5, 5.41) is 8.04. The molecular formula is C30H44N6O3S. The van der Waals surface area contributed by atoms with E-state index in [1.54, 1.807) is 12.1 Å². The molecule has 2 heterocycles. The Morgan fingerprint density at radius 1 is 0.900 bits per heavy atom. The van der Waals surface area contributed by atoms with Crippen LogP contribution in [-0.4, -0.2) is 75.8 Å². The Morgan fingerprint density at radius 3 is 2.30 bits per heavy atom. The van der Waals surface area contributed by atoms with Crippen LogP contribution in [0.3, 0.4) is 0 Å². The third kappa shape index (κ3) is 8.13. The normalized spacial score (nSPS) is 20.1. The third-order valence-corrected chi connectivity index (χ3v) is 9.28. The Kier molecular flexibility index (Phi) is 10.7. The molecule has 2 fully saturated rings. The lowest BCUT2D eigenvalue weighted by Crippen LogP contribution is -2.39. The Morgan fingerprint density at radius 2 is 1.57 bits per heavy atom. The molecule has 5 rings (SSSR count). The number of nitrogens with zero attached hydrogens (tertiary/aromatic N) is 3.